The molecule has 2 aliphatic heterocycles. The van der Waals surface area contributed by atoms with Crippen LogP contribution in [0, 0.1) is 0 Å². The van der Waals surface area contributed by atoms with Crippen molar-refractivity contribution in [3.8, 4) is 51.6 Å². The SMILES string of the molecule is O=C(C=Cc1ccc(O)c(O)c1)OC1C(OC2C(Oc3c(-c4ccc(O)c(O)c4)oc4cc(O)cc(O)c4c3=O)OC(CO)C(O)C2O)OCC(O)C1O. The Morgan fingerprint density at radius 1 is 0.796 bits per heavy atom. The highest BCUT2D eigenvalue weighted by atomic mass is 16.8. The van der Waals surface area contributed by atoms with E-state index >= 15 is 0 Å². The van der Waals surface area contributed by atoms with Crippen LogP contribution in [0.2, 0.25) is 0 Å². The number of carbonyl (C=O) groups excluding carboxylic acids is 1. The molecule has 19 heteroatoms. The fourth-order valence-corrected chi connectivity index (χ4v) is 5.79. The molecule has 3 aromatic carbocycles. The standard InChI is InChI=1S/C35H34O19/c36-11-23-27(46)29(48)33(54-34-32(26(45)21(43)12-49-34)52-24(44)6-2-13-1-4-16(38)18(40)7-13)35(51-23)53-31-28(47)25-20(42)9-15(37)10-22(25)50-30(31)14-3-5-17(39)19(41)8-14/h1-10,21,23,26-27,29,32-43,45-46,48H,11-12H2. The summed E-state index contributed by atoms with van der Waals surface area (Å²) in [4.78, 5) is 26.8. The van der Waals surface area contributed by atoms with Gasteiger partial charge in [0.1, 0.15) is 53.0 Å². The number of phenolic OH excluding ortho intramolecular Hbond substituents is 6. The first-order valence-electron chi connectivity index (χ1n) is 16.0. The first-order chi connectivity index (χ1) is 25.7. The van der Waals surface area contributed by atoms with Crippen molar-refractivity contribution < 1.29 is 89.1 Å². The minimum Gasteiger partial charge on any atom is -0.508 e. The Hall–Kier alpha value is -5.64. The topological polar surface area (TPSA) is 316 Å². The van der Waals surface area contributed by atoms with Gasteiger partial charge in [0, 0.05) is 23.8 Å². The lowest BCUT2D eigenvalue weighted by Gasteiger charge is -2.45. The van der Waals surface area contributed by atoms with E-state index < -0.39 is 131 Å². The maximum Gasteiger partial charge on any atom is 0.331 e. The Labute approximate surface area is 302 Å². The van der Waals surface area contributed by atoms with Gasteiger partial charge in [0.25, 0.3) is 0 Å². The summed E-state index contributed by atoms with van der Waals surface area (Å²) in [5, 5.41) is 112. The van der Waals surface area contributed by atoms with Gasteiger partial charge in [-0.3, -0.25) is 4.79 Å². The molecular weight excluding hydrogens is 724 g/mol. The number of aliphatic hydroxyl groups is 5. The van der Waals surface area contributed by atoms with Crippen molar-refractivity contribution in [1.82, 2.24) is 0 Å². The molecule has 2 fully saturated rings. The summed E-state index contributed by atoms with van der Waals surface area (Å²) in [6, 6.07) is 8.75. The zero-order valence-electron chi connectivity index (χ0n) is 27.6. The molecule has 2 aliphatic rings. The number of aromatic hydroxyl groups is 6. The van der Waals surface area contributed by atoms with E-state index in [0.29, 0.717) is 0 Å². The van der Waals surface area contributed by atoms with E-state index in [2.05, 4.69) is 0 Å². The molecule has 0 aliphatic carbocycles. The number of fused-ring (bicyclic) bond motifs is 1. The predicted molar refractivity (Wildman–Crippen MR) is 178 cm³/mol. The molecule has 2 saturated heterocycles. The number of aliphatic hydroxyl groups excluding tert-OH is 5. The minimum absolute atomic E-state index is 0.0926. The summed E-state index contributed by atoms with van der Waals surface area (Å²) < 4.78 is 34.2. The lowest BCUT2D eigenvalue weighted by Crippen LogP contribution is -2.64. The van der Waals surface area contributed by atoms with Crippen LogP contribution in [0.25, 0.3) is 28.4 Å². The Bertz CT molecular complexity index is 2110. The van der Waals surface area contributed by atoms with Crippen molar-refractivity contribution in [2.75, 3.05) is 13.2 Å². The lowest BCUT2D eigenvalue weighted by molar-refractivity contribution is -0.345. The first-order valence-corrected chi connectivity index (χ1v) is 16.0. The normalized spacial score (nSPS) is 27.2. The second kappa shape index (κ2) is 15.4. The van der Waals surface area contributed by atoms with Gasteiger partial charge in [-0.2, -0.15) is 0 Å². The largest absolute Gasteiger partial charge is 0.508 e. The summed E-state index contributed by atoms with van der Waals surface area (Å²) in [6.07, 6.45) is -14.4. The highest BCUT2D eigenvalue weighted by molar-refractivity contribution is 5.89. The fraction of sp³-hybridized carbons (Fsp3) is 0.314. The molecule has 0 saturated carbocycles. The highest BCUT2D eigenvalue weighted by Crippen LogP contribution is 2.40. The first kappa shape index (κ1) is 38.1. The Morgan fingerprint density at radius 3 is 2.19 bits per heavy atom. The van der Waals surface area contributed by atoms with Gasteiger partial charge in [-0.05, 0) is 42.0 Å². The Kier molecular flexibility index (Phi) is 10.8. The van der Waals surface area contributed by atoms with Gasteiger partial charge >= 0.3 is 5.97 Å². The number of hydrogen-bond donors (Lipinski definition) is 11. The maximum atomic E-state index is 14.0. The molecule has 11 N–H and O–H groups in total. The molecule has 9 unspecified atom stereocenters. The summed E-state index contributed by atoms with van der Waals surface area (Å²) in [6.45, 7) is -1.49. The molecule has 54 heavy (non-hydrogen) atoms. The van der Waals surface area contributed by atoms with Crippen molar-refractivity contribution in [3.63, 3.8) is 0 Å². The molecule has 0 radical (unpaired) electrons. The summed E-state index contributed by atoms with van der Waals surface area (Å²) in [5.41, 5.74) is -1.27. The van der Waals surface area contributed by atoms with Crippen LogP contribution in [0.1, 0.15) is 5.56 Å². The van der Waals surface area contributed by atoms with Gasteiger partial charge in [0.2, 0.25) is 17.5 Å². The van der Waals surface area contributed by atoms with Crippen LogP contribution >= 0.6 is 0 Å². The monoisotopic (exact) mass is 758 g/mol. The minimum atomic E-state index is -2.02. The zero-order chi connectivity index (χ0) is 39.0. The van der Waals surface area contributed by atoms with E-state index in [0.717, 1.165) is 42.5 Å². The molecule has 4 aromatic rings. The predicted octanol–water partition coefficient (Wildman–Crippen LogP) is -0.400. The molecule has 9 atom stereocenters. The number of benzene rings is 3. The average molecular weight is 759 g/mol. The number of ether oxygens (including phenoxy) is 5. The Morgan fingerprint density at radius 2 is 1.50 bits per heavy atom. The second-order valence-corrected chi connectivity index (χ2v) is 12.3. The van der Waals surface area contributed by atoms with E-state index in [1.165, 1.54) is 18.2 Å². The maximum absolute atomic E-state index is 14.0. The zero-order valence-corrected chi connectivity index (χ0v) is 27.6. The van der Waals surface area contributed by atoms with E-state index in [4.69, 9.17) is 28.1 Å². The van der Waals surface area contributed by atoms with Gasteiger partial charge < -0.3 is 84.3 Å². The third-order valence-corrected chi connectivity index (χ3v) is 8.60. The summed E-state index contributed by atoms with van der Waals surface area (Å²) in [5.74, 6) is -5.66. The van der Waals surface area contributed by atoms with Gasteiger partial charge in [-0.15, -0.1) is 0 Å². The molecule has 3 heterocycles. The number of phenols is 6. The number of carbonyl (C=O) groups is 1. The van der Waals surface area contributed by atoms with Crippen molar-refractivity contribution in [2.24, 2.45) is 0 Å². The molecule has 0 bridgehead atoms. The van der Waals surface area contributed by atoms with Gasteiger partial charge in [-0.1, -0.05) is 6.07 Å². The molecule has 0 amide bonds. The van der Waals surface area contributed by atoms with Crippen LogP contribution < -0.4 is 10.2 Å². The summed E-state index contributed by atoms with van der Waals surface area (Å²) >= 11 is 0. The van der Waals surface area contributed by atoms with Gasteiger partial charge in [0.15, 0.2) is 47.3 Å². The fourth-order valence-electron chi connectivity index (χ4n) is 5.79. The number of rotatable bonds is 9. The van der Waals surface area contributed by atoms with Crippen LogP contribution in [0.5, 0.6) is 40.2 Å². The van der Waals surface area contributed by atoms with Gasteiger partial charge in [-0.25, -0.2) is 4.79 Å². The Balaban J connectivity index is 1.36. The van der Waals surface area contributed by atoms with Crippen LogP contribution in [0.15, 0.2) is 63.8 Å². The van der Waals surface area contributed by atoms with E-state index in [1.807, 2.05) is 0 Å². The molecule has 19 nitrogen and oxygen atoms in total. The molecular formula is C35H34O19. The van der Waals surface area contributed by atoms with Crippen molar-refractivity contribution >= 4 is 23.0 Å². The smallest absolute Gasteiger partial charge is 0.331 e. The molecule has 0 spiro atoms. The molecule has 6 rings (SSSR count). The van der Waals surface area contributed by atoms with Crippen molar-refractivity contribution in [2.45, 2.75) is 55.3 Å². The number of esters is 1. The molecule has 288 valence electrons. The third kappa shape index (κ3) is 7.56. The van der Waals surface area contributed by atoms with E-state index in [9.17, 15) is 65.8 Å². The van der Waals surface area contributed by atoms with Crippen LogP contribution in [0.4, 0.5) is 0 Å². The van der Waals surface area contributed by atoms with Crippen molar-refractivity contribution in [3.05, 3.63) is 70.4 Å². The van der Waals surface area contributed by atoms with E-state index in [-0.39, 0.29) is 16.7 Å². The average Bonchev–Trinajstić information content (AvgIpc) is 3.13. The lowest BCUT2D eigenvalue weighted by atomic mass is 9.98. The quantitative estimate of drug-likeness (QED) is 0.0588. The van der Waals surface area contributed by atoms with Crippen molar-refractivity contribution in [1.29, 1.82) is 0 Å². The second-order valence-electron chi connectivity index (χ2n) is 12.3. The van der Waals surface area contributed by atoms with Crippen LogP contribution in [0.3, 0.4) is 0 Å². The van der Waals surface area contributed by atoms with Crippen LogP contribution in [-0.2, 0) is 23.7 Å². The molecule has 1 aromatic heterocycles. The third-order valence-electron chi connectivity index (χ3n) is 8.60. The van der Waals surface area contributed by atoms with Crippen LogP contribution in [-0.4, -0.2) is 131 Å². The van der Waals surface area contributed by atoms with E-state index in [1.54, 1.807) is 0 Å². The van der Waals surface area contributed by atoms with Gasteiger partial charge in [0.05, 0.1) is 13.2 Å². The number of hydrogen-bond acceptors (Lipinski definition) is 19. The summed E-state index contributed by atoms with van der Waals surface area (Å²) in [7, 11) is 0. The highest BCUT2D eigenvalue weighted by Gasteiger charge is 2.51.